The number of rotatable bonds is 5. The van der Waals surface area contributed by atoms with Crippen molar-refractivity contribution in [2.45, 2.75) is 26.8 Å². The molecule has 1 saturated heterocycles. The second kappa shape index (κ2) is 6.59. The highest BCUT2D eigenvalue weighted by Crippen LogP contribution is 2.27. The van der Waals surface area contributed by atoms with Crippen molar-refractivity contribution in [1.29, 1.82) is 0 Å². The molecule has 0 amide bonds. The van der Waals surface area contributed by atoms with Crippen molar-refractivity contribution < 1.29 is 0 Å². The molecule has 112 valence electrons. The van der Waals surface area contributed by atoms with Gasteiger partial charge in [-0.25, -0.2) is 4.68 Å². The van der Waals surface area contributed by atoms with Gasteiger partial charge in [0.1, 0.15) is 5.02 Å². The predicted octanol–water partition coefficient (Wildman–Crippen LogP) is 1.60. The van der Waals surface area contributed by atoms with Crippen molar-refractivity contribution in [3.8, 4) is 0 Å². The van der Waals surface area contributed by atoms with Gasteiger partial charge < -0.3 is 10.2 Å². The number of hydrogen-bond acceptors (Lipinski definition) is 4. The number of halogens is 1. The monoisotopic (exact) mass is 298 g/mol. The molecule has 0 aromatic carbocycles. The van der Waals surface area contributed by atoms with E-state index in [-0.39, 0.29) is 5.56 Å². The van der Waals surface area contributed by atoms with E-state index in [2.05, 4.69) is 29.2 Å². The third-order valence-electron chi connectivity index (χ3n) is 3.62. The molecule has 1 aliphatic heterocycles. The van der Waals surface area contributed by atoms with Gasteiger partial charge in [-0.2, -0.15) is 5.10 Å². The van der Waals surface area contributed by atoms with Crippen LogP contribution in [0.2, 0.25) is 5.02 Å². The van der Waals surface area contributed by atoms with E-state index >= 15 is 0 Å². The van der Waals surface area contributed by atoms with Gasteiger partial charge in [-0.1, -0.05) is 25.4 Å². The minimum atomic E-state index is -0.185. The van der Waals surface area contributed by atoms with Gasteiger partial charge in [0.05, 0.1) is 11.9 Å². The molecule has 1 aromatic heterocycles. The molecule has 2 heterocycles. The van der Waals surface area contributed by atoms with Gasteiger partial charge in [-0.15, -0.1) is 0 Å². The van der Waals surface area contributed by atoms with E-state index in [1.54, 1.807) is 6.20 Å². The average molecular weight is 299 g/mol. The van der Waals surface area contributed by atoms with Crippen LogP contribution in [0.5, 0.6) is 0 Å². The summed E-state index contributed by atoms with van der Waals surface area (Å²) < 4.78 is 1.46. The molecule has 1 aliphatic rings. The lowest BCUT2D eigenvalue weighted by molar-refractivity contribution is 0.463. The normalized spacial score (nSPS) is 19.1. The van der Waals surface area contributed by atoms with Crippen molar-refractivity contribution in [1.82, 2.24) is 15.1 Å². The highest BCUT2D eigenvalue weighted by atomic mass is 35.5. The van der Waals surface area contributed by atoms with Crippen LogP contribution in [0.1, 0.15) is 20.3 Å². The Balaban J connectivity index is 2.18. The third kappa shape index (κ3) is 3.33. The Labute approximate surface area is 124 Å². The number of aromatic nitrogens is 2. The summed E-state index contributed by atoms with van der Waals surface area (Å²) in [6.45, 7) is 7.56. The van der Waals surface area contributed by atoms with Crippen LogP contribution in [-0.2, 0) is 6.54 Å². The zero-order valence-corrected chi connectivity index (χ0v) is 13.2. The molecule has 1 atom stereocenters. The fourth-order valence-electron chi connectivity index (χ4n) is 2.66. The van der Waals surface area contributed by atoms with Gasteiger partial charge in [0.2, 0.25) is 0 Å². The molecule has 1 N–H and O–H groups in total. The zero-order valence-electron chi connectivity index (χ0n) is 12.4. The van der Waals surface area contributed by atoms with Gasteiger partial charge in [0.25, 0.3) is 5.56 Å². The first-order valence-electron chi connectivity index (χ1n) is 7.18. The standard InChI is InChI=1S/C14H23ClN4O/c1-10(2)8-19-14(20)13(15)12(7-17-19)18-5-4-11(9-18)6-16-3/h7,10-11,16H,4-6,8-9H2,1-3H3. The van der Waals surface area contributed by atoms with Crippen LogP contribution in [0.3, 0.4) is 0 Å². The molecule has 2 rings (SSSR count). The Morgan fingerprint density at radius 3 is 2.95 bits per heavy atom. The molecule has 1 aromatic rings. The van der Waals surface area contributed by atoms with Crippen molar-refractivity contribution in [2.24, 2.45) is 11.8 Å². The van der Waals surface area contributed by atoms with Crippen molar-refractivity contribution in [2.75, 3.05) is 31.6 Å². The van der Waals surface area contributed by atoms with E-state index in [0.29, 0.717) is 23.4 Å². The Hall–Kier alpha value is -1.07. The van der Waals surface area contributed by atoms with Crippen LogP contribution in [-0.4, -0.2) is 36.5 Å². The first-order valence-corrected chi connectivity index (χ1v) is 7.56. The highest BCUT2D eigenvalue weighted by molar-refractivity contribution is 6.33. The molecule has 0 radical (unpaired) electrons. The summed E-state index contributed by atoms with van der Waals surface area (Å²) in [5.74, 6) is 0.975. The molecule has 6 heteroatoms. The van der Waals surface area contributed by atoms with Crippen LogP contribution in [0.15, 0.2) is 11.0 Å². The van der Waals surface area contributed by atoms with Gasteiger partial charge in [0, 0.05) is 19.6 Å². The Morgan fingerprint density at radius 1 is 1.55 bits per heavy atom. The number of nitrogens with one attached hydrogen (secondary N) is 1. The van der Waals surface area contributed by atoms with E-state index in [4.69, 9.17) is 11.6 Å². The minimum Gasteiger partial charge on any atom is -0.369 e. The quantitative estimate of drug-likeness (QED) is 0.897. The summed E-state index contributed by atoms with van der Waals surface area (Å²) >= 11 is 6.26. The first kappa shape index (κ1) is 15.3. The van der Waals surface area contributed by atoms with E-state index in [1.165, 1.54) is 4.68 Å². The van der Waals surface area contributed by atoms with Gasteiger partial charge in [-0.3, -0.25) is 4.79 Å². The lowest BCUT2D eigenvalue weighted by Gasteiger charge is -2.20. The topological polar surface area (TPSA) is 50.2 Å². The summed E-state index contributed by atoms with van der Waals surface area (Å²) in [6, 6.07) is 0. The molecule has 0 bridgehead atoms. The Morgan fingerprint density at radius 2 is 2.30 bits per heavy atom. The average Bonchev–Trinajstić information content (AvgIpc) is 2.84. The van der Waals surface area contributed by atoms with Crippen LogP contribution in [0.25, 0.3) is 0 Å². The Bertz CT molecular complexity index is 514. The number of hydrogen-bond donors (Lipinski definition) is 1. The van der Waals surface area contributed by atoms with Crippen molar-refractivity contribution in [3.63, 3.8) is 0 Å². The van der Waals surface area contributed by atoms with Crippen LogP contribution < -0.4 is 15.8 Å². The number of nitrogens with zero attached hydrogens (tertiary/aromatic N) is 3. The van der Waals surface area contributed by atoms with Crippen molar-refractivity contribution in [3.05, 3.63) is 21.6 Å². The van der Waals surface area contributed by atoms with Crippen molar-refractivity contribution >= 4 is 17.3 Å². The highest BCUT2D eigenvalue weighted by Gasteiger charge is 2.25. The summed E-state index contributed by atoms with van der Waals surface area (Å²) in [5, 5.41) is 7.75. The predicted molar refractivity (Wildman–Crippen MR) is 82.6 cm³/mol. The summed E-state index contributed by atoms with van der Waals surface area (Å²) in [5.41, 5.74) is 0.588. The van der Waals surface area contributed by atoms with Gasteiger partial charge >= 0.3 is 0 Å². The second-order valence-corrected chi connectivity index (χ2v) is 6.26. The molecule has 0 saturated carbocycles. The SMILES string of the molecule is CNCC1CCN(c2cnn(CC(C)C)c(=O)c2Cl)C1. The van der Waals surface area contributed by atoms with Crippen LogP contribution >= 0.6 is 11.6 Å². The molecule has 20 heavy (non-hydrogen) atoms. The fraction of sp³-hybridized carbons (Fsp3) is 0.714. The molecule has 0 spiro atoms. The number of anilines is 1. The van der Waals surface area contributed by atoms with E-state index < -0.39 is 0 Å². The second-order valence-electron chi connectivity index (χ2n) is 5.88. The minimum absolute atomic E-state index is 0.185. The molecule has 1 fully saturated rings. The maximum absolute atomic E-state index is 12.2. The summed E-state index contributed by atoms with van der Waals surface area (Å²) in [4.78, 5) is 14.4. The van der Waals surface area contributed by atoms with E-state index in [0.717, 1.165) is 31.7 Å². The molecule has 0 aliphatic carbocycles. The first-order chi connectivity index (χ1) is 9.52. The molecular weight excluding hydrogens is 276 g/mol. The maximum atomic E-state index is 12.2. The smallest absolute Gasteiger partial charge is 0.287 e. The van der Waals surface area contributed by atoms with Crippen LogP contribution in [0, 0.1) is 11.8 Å². The molecular formula is C14H23ClN4O. The maximum Gasteiger partial charge on any atom is 0.287 e. The van der Waals surface area contributed by atoms with E-state index in [1.807, 2.05) is 7.05 Å². The lowest BCUT2D eigenvalue weighted by Crippen LogP contribution is -2.30. The van der Waals surface area contributed by atoms with Gasteiger partial charge in [-0.05, 0) is 31.8 Å². The largest absolute Gasteiger partial charge is 0.369 e. The van der Waals surface area contributed by atoms with Crippen LogP contribution in [0.4, 0.5) is 5.69 Å². The van der Waals surface area contributed by atoms with E-state index in [9.17, 15) is 4.79 Å². The third-order valence-corrected chi connectivity index (χ3v) is 3.98. The summed E-state index contributed by atoms with van der Waals surface area (Å²) in [7, 11) is 1.96. The lowest BCUT2D eigenvalue weighted by atomic mass is 10.1. The van der Waals surface area contributed by atoms with Gasteiger partial charge in [0.15, 0.2) is 0 Å². The Kier molecular flexibility index (Phi) is 5.05. The summed E-state index contributed by atoms with van der Waals surface area (Å²) in [6.07, 6.45) is 2.85. The molecule has 1 unspecified atom stereocenters. The fourth-order valence-corrected chi connectivity index (χ4v) is 2.93. The zero-order chi connectivity index (χ0) is 14.7. The molecule has 5 nitrogen and oxygen atoms in total.